The zero-order valence-corrected chi connectivity index (χ0v) is 20.3. The summed E-state index contributed by atoms with van der Waals surface area (Å²) in [5, 5.41) is 14.9. The minimum atomic E-state index is -0.938. The maximum absolute atomic E-state index is 13.1. The van der Waals surface area contributed by atoms with E-state index >= 15 is 0 Å². The van der Waals surface area contributed by atoms with Crippen molar-refractivity contribution in [1.29, 1.82) is 0 Å². The summed E-state index contributed by atoms with van der Waals surface area (Å²) < 4.78 is 5.64. The van der Waals surface area contributed by atoms with Gasteiger partial charge in [0.25, 0.3) is 0 Å². The van der Waals surface area contributed by atoms with Gasteiger partial charge in [-0.2, -0.15) is 0 Å². The molecule has 7 nitrogen and oxygen atoms in total. The Bertz CT molecular complexity index is 1040. The summed E-state index contributed by atoms with van der Waals surface area (Å²) in [6, 6.07) is 15.0. The second kappa shape index (κ2) is 10.9. The van der Waals surface area contributed by atoms with Gasteiger partial charge in [-0.05, 0) is 46.9 Å². The van der Waals surface area contributed by atoms with E-state index in [-0.39, 0.29) is 36.7 Å². The van der Waals surface area contributed by atoms with E-state index in [1.165, 1.54) is 0 Å². The van der Waals surface area contributed by atoms with Crippen LogP contribution in [0.15, 0.2) is 48.5 Å². The van der Waals surface area contributed by atoms with Crippen LogP contribution in [0.5, 0.6) is 0 Å². The number of benzene rings is 2. The first-order valence-electron chi connectivity index (χ1n) is 12.5. The fraction of sp³-hybridized carbons (Fsp3) is 0.464. The number of ether oxygens (including phenoxy) is 1. The lowest BCUT2D eigenvalue weighted by atomic mass is 9.78. The Morgan fingerprint density at radius 1 is 1.00 bits per heavy atom. The third-order valence-corrected chi connectivity index (χ3v) is 7.55. The summed E-state index contributed by atoms with van der Waals surface area (Å²) in [5.74, 6) is -1.33. The average molecular weight is 479 g/mol. The van der Waals surface area contributed by atoms with E-state index in [1.54, 1.807) is 0 Å². The zero-order chi connectivity index (χ0) is 24.9. The highest BCUT2D eigenvalue weighted by Gasteiger charge is 2.34. The number of carbonyl (C=O) groups excluding carboxylic acids is 2. The lowest BCUT2D eigenvalue weighted by Gasteiger charge is -2.35. The normalized spacial score (nSPS) is 17.3. The van der Waals surface area contributed by atoms with Crippen molar-refractivity contribution >= 4 is 18.0 Å². The van der Waals surface area contributed by atoms with Gasteiger partial charge in [0.1, 0.15) is 12.6 Å². The van der Waals surface area contributed by atoms with Crippen LogP contribution in [0.1, 0.15) is 63.0 Å². The quantitative estimate of drug-likeness (QED) is 0.459. The van der Waals surface area contributed by atoms with E-state index in [2.05, 4.69) is 34.9 Å². The molecular weight excluding hydrogens is 444 g/mol. The molecule has 0 spiro atoms. The molecular formula is C28H34N2O5. The summed E-state index contributed by atoms with van der Waals surface area (Å²) in [4.78, 5) is 37.3. The third kappa shape index (κ3) is 5.50. The molecule has 0 aromatic heterocycles. The molecule has 7 heteroatoms. The first kappa shape index (κ1) is 24.8. The van der Waals surface area contributed by atoms with Crippen molar-refractivity contribution in [3.8, 4) is 11.1 Å². The van der Waals surface area contributed by atoms with Gasteiger partial charge in [-0.1, -0.05) is 75.2 Å². The fourth-order valence-corrected chi connectivity index (χ4v) is 5.11. The van der Waals surface area contributed by atoms with Crippen LogP contribution >= 0.6 is 0 Å². The van der Waals surface area contributed by atoms with Crippen LogP contribution < -0.4 is 10.6 Å². The predicted octanol–water partition coefficient (Wildman–Crippen LogP) is 4.70. The molecule has 1 saturated carbocycles. The molecule has 3 atom stereocenters. The van der Waals surface area contributed by atoms with Crippen molar-refractivity contribution in [3.05, 3.63) is 59.7 Å². The Morgan fingerprint density at radius 2 is 1.60 bits per heavy atom. The van der Waals surface area contributed by atoms with Crippen molar-refractivity contribution in [2.24, 2.45) is 11.8 Å². The molecule has 0 heterocycles. The standard InChI is InChI=1S/C28H34N2O5/c1-3-17(2)26(27(33)29-24(15-25(31)32)18-9-8-10-18)30-28(34)35-16-23-21-13-6-4-11-19(21)20-12-5-7-14-22(20)23/h4-7,11-14,17-18,23-24,26H,3,8-10,15-16H2,1-2H3,(H,29,33)(H,30,34)(H,31,32). The van der Waals surface area contributed by atoms with E-state index in [0.717, 1.165) is 41.5 Å². The molecule has 2 amide bonds. The minimum absolute atomic E-state index is 0.0670. The smallest absolute Gasteiger partial charge is 0.407 e. The number of carboxylic acids is 1. The van der Waals surface area contributed by atoms with E-state index in [4.69, 9.17) is 4.74 Å². The highest BCUT2D eigenvalue weighted by molar-refractivity contribution is 5.86. The molecule has 0 radical (unpaired) electrons. The number of hydrogen-bond donors (Lipinski definition) is 3. The number of nitrogens with one attached hydrogen (secondary N) is 2. The highest BCUT2D eigenvalue weighted by atomic mass is 16.5. The monoisotopic (exact) mass is 478 g/mol. The molecule has 3 N–H and O–H groups in total. The Kier molecular flexibility index (Phi) is 7.73. The molecule has 2 aromatic rings. The Morgan fingerprint density at radius 3 is 2.11 bits per heavy atom. The van der Waals surface area contributed by atoms with E-state index in [9.17, 15) is 19.5 Å². The second-order valence-corrected chi connectivity index (χ2v) is 9.74. The van der Waals surface area contributed by atoms with Gasteiger partial charge in [-0.3, -0.25) is 9.59 Å². The molecule has 0 saturated heterocycles. The molecule has 3 unspecified atom stereocenters. The molecule has 35 heavy (non-hydrogen) atoms. The average Bonchev–Trinajstić information content (AvgIpc) is 3.13. The summed E-state index contributed by atoms with van der Waals surface area (Å²) in [7, 11) is 0. The molecule has 2 aromatic carbocycles. The van der Waals surface area contributed by atoms with Crippen LogP contribution in [0, 0.1) is 11.8 Å². The van der Waals surface area contributed by atoms with E-state index in [0.29, 0.717) is 6.42 Å². The Balaban J connectivity index is 1.41. The third-order valence-electron chi connectivity index (χ3n) is 7.55. The summed E-state index contributed by atoms with van der Waals surface area (Å²) in [5.41, 5.74) is 4.54. The van der Waals surface area contributed by atoms with Gasteiger partial charge in [0.15, 0.2) is 0 Å². The first-order chi connectivity index (χ1) is 16.9. The number of hydrogen-bond acceptors (Lipinski definition) is 4. The maximum atomic E-state index is 13.1. The van der Waals surface area contributed by atoms with Gasteiger partial charge in [0, 0.05) is 12.0 Å². The van der Waals surface area contributed by atoms with Crippen molar-refractivity contribution in [3.63, 3.8) is 0 Å². The lowest BCUT2D eigenvalue weighted by molar-refractivity contribution is -0.138. The minimum Gasteiger partial charge on any atom is -0.481 e. The number of amides is 2. The molecule has 1 fully saturated rings. The van der Waals surface area contributed by atoms with Gasteiger partial charge in [0.05, 0.1) is 6.42 Å². The van der Waals surface area contributed by atoms with Crippen LogP contribution in [-0.2, 0) is 14.3 Å². The van der Waals surface area contributed by atoms with Gasteiger partial charge < -0.3 is 20.5 Å². The molecule has 2 aliphatic rings. The highest BCUT2D eigenvalue weighted by Crippen LogP contribution is 2.44. The Labute approximate surface area is 206 Å². The number of aliphatic carboxylic acids is 1. The van der Waals surface area contributed by atoms with Crippen LogP contribution in [-0.4, -0.2) is 41.8 Å². The van der Waals surface area contributed by atoms with E-state index < -0.39 is 24.1 Å². The van der Waals surface area contributed by atoms with Crippen molar-refractivity contribution in [1.82, 2.24) is 10.6 Å². The van der Waals surface area contributed by atoms with Gasteiger partial charge >= 0.3 is 12.1 Å². The van der Waals surface area contributed by atoms with Crippen LogP contribution in [0.2, 0.25) is 0 Å². The Hall–Kier alpha value is -3.35. The topological polar surface area (TPSA) is 105 Å². The number of carboxylic acid groups (broad SMARTS) is 1. The van der Waals surface area contributed by atoms with Gasteiger partial charge in [-0.15, -0.1) is 0 Å². The lowest BCUT2D eigenvalue weighted by Crippen LogP contribution is -2.55. The summed E-state index contributed by atoms with van der Waals surface area (Å²) >= 11 is 0. The number of fused-ring (bicyclic) bond motifs is 3. The van der Waals surface area contributed by atoms with E-state index in [1.807, 2.05) is 38.1 Å². The molecule has 0 bridgehead atoms. The fourth-order valence-electron chi connectivity index (χ4n) is 5.11. The van der Waals surface area contributed by atoms with Gasteiger partial charge in [-0.25, -0.2) is 4.79 Å². The van der Waals surface area contributed by atoms with Gasteiger partial charge in [0.2, 0.25) is 5.91 Å². The number of carbonyl (C=O) groups is 3. The van der Waals surface area contributed by atoms with Crippen molar-refractivity contribution in [2.75, 3.05) is 6.61 Å². The predicted molar refractivity (Wildman–Crippen MR) is 133 cm³/mol. The number of rotatable bonds is 10. The van der Waals surface area contributed by atoms with Crippen LogP contribution in [0.25, 0.3) is 11.1 Å². The van der Waals surface area contributed by atoms with Crippen LogP contribution in [0.3, 0.4) is 0 Å². The number of alkyl carbamates (subject to hydrolysis) is 1. The summed E-state index contributed by atoms with van der Waals surface area (Å²) in [6.45, 7) is 4.01. The SMILES string of the molecule is CCC(C)C(NC(=O)OCC1c2ccccc2-c2ccccc21)C(=O)NC(CC(=O)O)C1CCC1. The van der Waals surface area contributed by atoms with Crippen LogP contribution in [0.4, 0.5) is 4.79 Å². The second-order valence-electron chi connectivity index (χ2n) is 9.74. The van der Waals surface area contributed by atoms with Crippen molar-refractivity contribution < 1.29 is 24.2 Å². The molecule has 2 aliphatic carbocycles. The maximum Gasteiger partial charge on any atom is 0.407 e. The summed E-state index contributed by atoms with van der Waals surface area (Å²) in [6.07, 6.45) is 2.77. The molecule has 186 valence electrons. The zero-order valence-electron chi connectivity index (χ0n) is 20.3. The first-order valence-corrected chi connectivity index (χ1v) is 12.5. The molecule has 4 rings (SSSR count). The largest absolute Gasteiger partial charge is 0.481 e. The molecule has 0 aliphatic heterocycles. The van der Waals surface area contributed by atoms with Crippen molar-refractivity contribution in [2.45, 2.75) is 64.0 Å².